The molecule has 0 saturated carbocycles. The van der Waals surface area contributed by atoms with E-state index < -0.39 is 0 Å². The second kappa shape index (κ2) is 3.14. The van der Waals surface area contributed by atoms with E-state index in [9.17, 15) is 0 Å². The fourth-order valence-corrected chi connectivity index (χ4v) is 0.0430. The molecular formula is C2H5N3. The van der Waals surface area contributed by atoms with Gasteiger partial charge in [0.05, 0.1) is 6.34 Å². The Morgan fingerprint density at radius 3 is 2.40 bits per heavy atom. The third kappa shape index (κ3) is 3.14. The average Bonchev–Trinajstić information content (AvgIpc) is 1.41. The number of nitrogens with one attached hydrogen (secondary N) is 1. The summed E-state index contributed by atoms with van der Waals surface area (Å²) in [4.78, 5) is 3.17. The molecule has 28 valence electrons. The summed E-state index contributed by atoms with van der Waals surface area (Å²) < 4.78 is 0. The van der Waals surface area contributed by atoms with Crippen LogP contribution in [0.25, 0.3) is 0 Å². The first-order valence-electron chi connectivity index (χ1n) is 1.14. The van der Waals surface area contributed by atoms with Crippen LogP contribution < -0.4 is 5.73 Å². The lowest BCUT2D eigenvalue weighted by Gasteiger charge is -1.59. The lowest BCUT2D eigenvalue weighted by Crippen LogP contribution is -1.86. The normalized spacial score (nSPS) is 8.80. The Morgan fingerprint density at radius 2 is 2.40 bits per heavy atom. The first-order valence-corrected chi connectivity index (χ1v) is 1.14. The molecule has 0 aliphatic heterocycles. The van der Waals surface area contributed by atoms with Crippen LogP contribution >= 0.6 is 0 Å². The molecule has 0 atom stereocenters. The molecule has 3 N–H and O–H groups in total. The molecule has 0 unspecified atom stereocenters. The van der Waals surface area contributed by atoms with Gasteiger partial charge in [0.1, 0.15) is 6.34 Å². The van der Waals surface area contributed by atoms with Crippen molar-refractivity contribution in [3.63, 3.8) is 0 Å². The molecule has 5 heavy (non-hydrogen) atoms. The van der Waals surface area contributed by atoms with Crippen LogP contribution in [0, 0.1) is 5.41 Å². The van der Waals surface area contributed by atoms with E-state index in [1.807, 2.05) is 0 Å². The van der Waals surface area contributed by atoms with Crippen molar-refractivity contribution in [1.29, 1.82) is 5.41 Å². The summed E-state index contributed by atoms with van der Waals surface area (Å²) in [7, 11) is 0. The average molecular weight is 71.1 g/mol. The van der Waals surface area contributed by atoms with E-state index in [2.05, 4.69) is 4.99 Å². The Balaban J connectivity index is 2.92. The summed E-state index contributed by atoms with van der Waals surface area (Å²) in [6, 6.07) is 0. The van der Waals surface area contributed by atoms with Crippen molar-refractivity contribution in [3.8, 4) is 0 Å². The Kier molecular flexibility index (Phi) is 2.60. The summed E-state index contributed by atoms with van der Waals surface area (Å²) >= 11 is 0. The summed E-state index contributed by atoms with van der Waals surface area (Å²) in [5.74, 6) is 0. The molecule has 0 aliphatic rings. The maximum absolute atomic E-state index is 6.20. The summed E-state index contributed by atoms with van der Waals surface area (Å²) in [6.45, 7) is 0. The predicted octanol–water partition coefficient (Wildman–Crippen LogP) is -0.420. The van der Waals surface area contributed by atoms with Gasteiger partial charge in [-0.2, -0.15) is 0 Å². The lowest BCUT2D eigenvalue weighted by atomic mass is 11.2. The molecule has 0 fully saturated rings. The van der Waals surface area contributed by atoms with Gasteiger partial charge in [-0.3, -0.25) is 5.41 Å². The third-order valence-electron chi connectivity index (χ3n) is 0.161. The van der Waals surface area contributed by atoms with Crippen LogP contribution in [-0.4, -0.2) is 12.7 Å². The predicted molar refractivity (Wildman–Crippen MR) is 21.5 cm³/mol. The molecule has 0 aromatic heterocycles. The second-order valence-corrected chi connectivity index (χ2v) is 0.427. The van der Waals surface area contributed by atoms with Gasteiger partial charge in [0, 0.05) is 0 Å². The van der Waals surface area contributed by atoms with Crippen molar-refractivity contribution < 1.29 is 0 Å². The van der Waals surface area contributed by atoms with Gasteiger partial charge in [-0.15, -0.1) is 0 Å². The van der Waals surface area contributed by atoms with Gasteiger partial charge < -0.3 is 5.73 Å². The van der Waals surface area contributed by atoms with Crippen LogP contribution in [0.1, 0.15) is 0 Å². The highest BCUT2D eigenvalue weighted by molar-refractivity contribution is 5.67. The molecule has 0 heterocycles. The van der Waals surface area contributed by atoms with Crippen molar-refractivity contribution in [1.82, 2.24) is 0 Å². The third-order valence-corrected chi connectivity index (χ3v) is 0.161. The van der Waals surface area contributed by atoms with Crippen LogP contribution in [0.2, 0.25) is 0 Å². The number of hydrogen-bond acceptors (Lipinski definition) is 1. The molecular weight excluding hydrogens is 66.0 g/mol. The zero-order valence-corrected chi connectivity index (χ0v) is 2.68. The monoisotopic (exact) mass is 71.0 g/mol. The van der Waals surface area contributed by atoms with Crippen molar-refractivity contribution in [2.45, 2.75) is 0 Å². The Morgan fingerprint density at radius 1 is 1.80 bits per heavy atom. The van der Waals surface area contributed by atoms with E-state index >= 15 is 0 Å². The molecule has 0 amide bonds. The zero-order chi connectivity index (χ0) is 4.12. The molecule has 0 bridgehead atoms. The van der Waals surface area contributed by atoms with Crippen LogP contribution in [-0.2, 0) is 0 Å². The van der Waals surface area contributed by atoms with Gasteiger partial charge in [0.25, 0.3) is 0 Å². The maximum Gasteiger partial charge on any atom is 0.108 e. The van der Waals surface area contributed by atoms with Crippen molar-refractivity contribution >= 4 is 12.7 Å². The number of aliphatic imine (C=N–C) groups is 1. The van der Waals surface area contributed by atoms with Crippen molar-refractivity contribution in [2.24, 2.45) is 10.7 Å². The Bertz CT molecular complexity index is 46.9. The standard InChI is InChI=1S/C2H5N3/c3-1-5-2-4/h1-2H,(H3,3,4,5). The molecule has 0 radical (unpaired) electrons. The number of rotatable bonds is 1. The summed E-state index contributed by atoms with van der Waals surface area (Å²) in [5.41, 5.74) is 4.70. The van der Waals surface area contributed by atoms with Gasteiger partial charge in [0.2, 0.25) is 0 Å². The Hall–Kier alpha value is -0.860. The van der Waals surface area contributed by atoms with Gasteiger partial charge in [0.15, 0.2) is 0 Å². The van der Waals surface area contributed by atoms with Crippen LogP contribution in [0.4, 0.5) is 0 Å². The molecule has 0 spiro atoms. The van der Waals surface area contributed by atoms with E-state index in [1.165, 1.54) is 0 Å². The fourth-order valence-electron chi connectivity index (χ4n) is 0.0430. The quantitative estimate of drug-likeness (QED) is 0.320. The zero-order valence-electron chi connectivity index (χ0n) is 2.68. The molecule has 3 heteroatoms. The number of hydrogen-bond donors (Lipinski definition) is 2. The van der Waals surface area contributed by atoms with Gasteiger partial charge in [-0.05, 0) is 0 Å². The van der Waals surface area contributed by atoms with Crippen molar-refractivity contribution in [3.05, 3.63) is 0 Å². The highest BCUT2D eigenvalue weighted by Gasteiger charge is 1.41. The molecule has 3 nitrogen and oxygen atoms in total. The van der Waals surface area contributed by atoms with E-state index in [0.29, 0.717) is 0 Å². The number of nitrogens with two attached hydrogens (primary N) is 1. The highest BCUT2D eigenvalue weighted by atomic mass is 14.8. The topological polar surface area (TPSA) is 62.2 Å². The first-order chi connectivity index (χ1) is 2.41. The minimum Gasteiger partial charge on any atom is -0.390 e. The molecule has 0 aromatic rings. The molecule has 0 aromatic carbocycles. The van der Waals surface area contributed by atoms with E-state index in [1.54, 1.807) is 0 Å². The SMILES string of the molecule is N=C/N=C/N. The van der Waals surface area contributed by atoms with Crippen molar-refractivity contribution in [2.75, 3.05) is 0 Å². The van der Waals surface area contributed by atoms with Crippen LogP contribution in [0.3, 0.4) is 0 Å². The maximum atomic E-state index is 6.20. The van der Waals surface area contributed by atoms with Gasteiger partial charge >= 0.3 is 0 Å². The largest absolute Gasteiger partial charge is 0.390 e. The highest BCUT2D eigenvalue weighted by Crippen LogP contribution is 1.38. The van der Waals surface area contributed by atoms with E-state index in [0.717, 1.165) is 12.7 Å². The molecule has 0 aliphatic carbocycles. The first kappa shape index (κ1) is 4.14. The lowest BCUT2D eigenvalue weighted by molar-refractivity contribution is 1.51. The number of nitrogens with zero attached hydrogens (tertiary/aromatic N) is 1. The fraction of sp³-hybridized carbons (Fsp3) is 0. The Labute approximate surface area is 30.0 Å². The smallest absolute Gasteiger partial charge is 0.108 e. The molecule has 0 saturated heterocycles. The summed E-state index contributed by atoms with van der Waals surface area (Å²) in [5, 5.41) is 6.20. The van der Waals surface area contributed by atoms with E-state index in [-0.39, 0.29) is 0 Å². The van der Waals surface area contributed by atoms with Gasteiger partial charge in [-0.25, -0.2) is 4.99 Å². The van der Waals surface area contributed by atoms with E-state index in [4.69, 9.17) is 11.1 Å². The van der Waals surface area contributed by atoms with Gasteiger partial charge in [-0.1, -0.05) is 0 Å². The minimum absolute atomic E-state index is 0.875. The molecule has 0 rings (SSSR count). The van der Waals surface area contributed by atoms with Crippen LogP contribution in [0.15, 0.2) is 4.99 Å². The second-order valence-electron chi connectivity index (χ2n) is 0.427. The summed E-state index contributed by atoms with van der Waals surface area (Å²) in [6.07, 6.45) is 1.94. The van der Waals surface area contributed by atoms with Crippen LogP contribution in [0.5, 0.6) is 0 Å². The minimum atomic E-state index is 0.875.